The normalized spacial score (nSPS) is 24.4. The van der Waals surface area contributed by atoms with E-state index in [9.17, 15) is 19.2 Å². The maximum atomic E-state index is 13.3. The Bertz CT molecular complexity index is 2220. The summed E-state index contributed by atoms with van der Waals surface area (Å²) in [7, 11) is 0. The van der Waals surface area contributed by atoms with Crippen LogP contribution in [0.15, 0.2) is 72.8 Å². The number of hydrogen-bond donors (Lipinski definition) is 8. The van der Waals surface area contributed by atoms with Gasteiger partial charge in [0.1, 0.15) is 0 Å². The van der Waals surface area contributed by atoms with Crippen LogP contribution in [0.4, 0.5) is 41.9 Å². The van der Waals surface area contributed by atoms with E-state index in [4.69, 9.17) is 0 Å². The minimum atomic E-state index is -0.198. The van der Waals surface area contributed by atoms with Crippen molar-refractivity contribution in [2.45, 2.75) is 80.1 Å². The third kappa shape index (κ3) is 16.0. The molecule has 4 saturated heterocycles. The molecule has 4 fully saturated rings. The third-order valence-electron chi connectivity index (χ3n) is 16.3. The first-order chi connectivity index (χ1) is 39.0. The van der Waals surface area contributed by atoms with E-state index in [1.165, 1.54) is 0 Å². The van der Waals surface area contributed by atoms with E-state index in [1.54, 1.807) is 0 Å². The number of benzene rings is 4. The lowest BCUT2D eigenvalue weighted by Crippen LogP contribution is -2.46. The Hall–Kier alpha value is -6.36. The number of rotatable bonds is 8. The molecule has 80 heavy (non-hydrogen) atoms. The summed E-state index contributed by atoms with van der Waals surface area (Å²) >= 11 is 0. The molecule has 20 heteroatoms. The SMILES string of the molecule is CCNC(=O)Nc1c2cccc1CN1CCN(CC1)Cc1cccc(c1NC(=O)NCC)CN1CCN(CC1)Cc1cccc(c1NC(=O)NCC)CN1CCN(CC1)Cc1cccc(c1NC(=O)NCC)CN1CCN(CC1)C2. The molecule has 0 aliphatic carbocycles. The molecule has 4 aromatic carbocycles. The molecule has 11 heterocycles. The molecule has 20 nitrogen and oxygen atoms in total. The summed E-state index contributed by atoms with van der Waals surface area (Å²) in [6.45, 7) is 29.4. The van der Waals surface area contributed by atoms with Crippen molar-refractivity contribution in [1.82, 2.24) is 60.5 Å². The van der Waals surface area contributed by atoms with Gasteiger partial charge in [0.05, 0.1) is 22.7 Å². The van der Waals surface area contributed by atoms with Gasteiger partial charge in [-0.05, 0) is 72.2 Å². The highest BCUT2D eigenvalue weighted by atomic mass is 16.2. The average Bonchev–Trinajstić information content (AvgIpc) is 3.45. The molecule has 0 saturated carbocycles. The topological polar surface area (TPSA) is 190 Å². The van der Waals surface area contributed by atoms with Crippen molar-refractivity contribution in [2.24, 2.45) is 0 Å². The minimum absolute atomic E-state index is 0.198. The Morgan fingerprint density at radius 3 is 0.537 bits per heavy atom. The molecule has 0 atom stereocenters. The molecule has 8 amide bonds. The molecule has 0 unspecified atom stereocenters. The van der Waals surface area contributed by atoms with Crippen LogP contribution in [0.2, 0.25) is 0 Å². The average molecular weight is 1100 g/mol. The van der Waals surface area contributed by atoms with Crippen molar-refractivity contribution in [2.75, 3.05) is 152 Å². The van der Waals surface area contributed by atoms with Gasteiger partial charge in [-0.1, -0.05) is 72.8 Å². The van der Waals surface area contributed by atoms with Crippen molar-refractivity contribution in [1.29, 1.82) is 0 Å². The summed E-state index contributed by atoms with van der Waals surface area (Å²) in [5, 5.41) is 24.9. The van der Waals surface area contributed by atoms with Gasteiger partial charge in [0.15, 0.2) is 0 Å². The fourth-order valence-electron chi connectivity index (χ4n) is 11.9. The lowest BCUT2D eigenvalue weighted by atomic mass is 10.0. The summed E-state index contributed by atoms with van der Waals surface area (Å²) in [5.74, 6) is 0. The van der Waals surface area contributed by atoms with Crippen LogP contribution in [0.1, 0.15) is 72.2 Å². The van der Waals surface area contributed by atoms with Crippen molar-refractivity contribution in [3.05, 3.63) is 117 Å². The summed E-state index contributed by atoms with van der Waals surface area (Å²) in [4.78, 5) is 72.9. The molecular weight excluding hydrogens is 1010 g/mol. The van der Waals surface area contributed by atoms with Crippen LogP contribution in [0.3, 0.4) is 0 Å². The van der Waals surface area contributed by atoms with Gasteiger partial charge in [0.2, 0.25) is 0 Å². The van der Waals surface area contributed by atoms with E-state index in [-0.39, 0.29) is 24.1 Å². The number of piperazine rings is 4. The third-order valence-corrected chi connectivity index (χ3v) is 16.3. The molecule has 0 radical (unpaired) electrons. The molecule has 16 bridgehead atoms. The predicted octanol–water partition coefficient (Wildman–Crippen LogP) is 5.84. The van der Waals surface area contributed by atoms with Gasteiger partial charge in [-0.15, -0.1) is 0 Å². The van der Waals surface area contributed by atoms with Gasteiger partial charge in [0.25, 0.3) is 0 Å². The van der Waals surface area contributed by atoms with E-state index in [0.29, 0.717) is 78.5 Å². The number of nitrogens with one attached hydrogen (secondary N) is 8. The Labute approximate surface area is 474 Å². The number of para-hydroxylation sites is 4. The largest absolute Gasteiger partial charge is 0.338 e. The maximum Gasteiger partial charge on any atom is 0.319 e. The number of anilines is 4. The van der Waals surface area contributed by atoms with Crippen LogP contribution in [0, 0.1) is 0 Å². The fourth-order valence-corrected chi connectivity index (χ4v) is 11.9. The van der Waals surface area contributed by atoms with Gasteiger partial charge in [-0.25, -0.2) is 19.2 Å². The zero-order chi connectivity index (χ0) is 55.8. The summed E-state index contributed by atoms with van der Waals surface area (Å²) < 4.78 is 0. The van der Waals surface area contributed by atoms with Crippen LogP contribution in [0.25, 0.3) is 0 Å². The van der Waals surface area contributed by atoms with E-state index < -0.39 is 0 Å². The second-order valence-corrected chi connectivity index (χ2v) is 22.0. The summed E-state index contributed by atoms with van der Waals surface area (Å²) in [6, 6.07) is 25.0. The monoisotopic (exact) mass is 1100 g/mol. The molecule has 4 aromatic rings. The fraction of sp³-hybridized carbons (Fsp3) is 0.533. The highest BCUT2D eigenvalue weighted by molar-refractivity contribution is 5.93. The first-order valence-corrected chi connectivity index (χ1v) is 29.5. The first-order valence-electron chi connectivity index (χ1n) is 29.5. The van der Waals surface area contributed by atoms with E-state index in [2.05, 4.69) is 155 Å². The molecule has 0 aromatic heterocycles. The Balaban J connectivity index is 0.978. The van der Waals surface area contributed by atoms with E-state index in [1.807, 2.05) is 27.7 Å². The van der Waals surface area contributed by atoms with Gasteiger partial charge < -0.3 is 42.5 Å². The van der Waals surface area contributed by atoms with Crippen molar-refractivity contribution < 1.29 is 19.2 Å². The Kier molecular flexibility index (Phi) is 21.0. The second kappa shape index (κ2) is 28.9. The minimum Gasteiger partial charge on any atom is -0.338 e. The van der Waals surface area contributed by atoms with E-state index >= 15 is 0 Å². The van der Waals surface area contributed by atoms with Crippen LogP contribution >= 0.6 is 0 Å². The lowest BCUT2D eigenvalue weighted by molar-refractivity contribution is 0.119. The second-order valence-electron chi connectivity index (χ2n) is 22.0. The quantitative estimate of drug-likeness (QED) is 0.106. The van der Waals surface area contributed by atoms with Gasteiger partial charge >= 0.3 is 24.1 Å². The molecule has 8 N–H and O–H groups in total. The first kappa shape index (κ1) is 58.3. The summed E-state index contributed by atoms with van der Waals surface area (Å²) in [5.41, 5.74) is 12.4. The Morgan fingerprint density at radius 1 is 0.275 bits per heavy atom. The molecule has 432 valence electrons. The molecule has 0 spiro atoms. The van der Waals surface area contributed by atoms with Gasteiger partial charge in [-0.2, -0.15) is 0 Å². The van der Waals surface area contributed by atoms with Crippen molar-refractivity contribution in [3.8, 4) is 0 Å². The predicted molar refractivity (Wildman–Crippen MR) is 319 cm³/mol. The number of hydrogen-bond acceptors (Lipinski definition) is 12. The van der Waals surface area contributed by atoms with Gasteiger partial charge in [-0.3, -0.25) is 39.2 Å². The van der Waals surface area contributed by atoms with E-state index in [0.717, 1.165) is 172 Å². The van der Waals surface area contributed by atoms with Crippen LogP contribution in [0.5, 0.6) is 0 Å². The number of urea groups is 4. The molecule has 11 aliphatic rings. The molecule has 15 rings (SSSR count). The van der Waals surface area contributed by atoms with Gasteiger partial charge in [0, 0.05) is 183 Å². The number of nitrogens with zero attached hydrogens (tertiary/aromatic N) is 8. The standard InChI is InChI=1S/C60H88N16O4/c1-5-61-57(77)65-53-45-13-9-14-46(53)38-70-23-27-72(28-24-70)40-48-16-11-18-50(55(48)67-59(79)63-7-3)42-74-31-35-76(36-32-74)44-52-20-12-19-51(56(52)68-60(80)64-8-4)43-75-33-29-73(30-34-75)41-49-17-10-15-47(54(49)66-58(78)62-6-2)39-71-25-21-69(37-45)22-26-71/h9-20H,5-8,21-44H2,1-4H3,(H2,61,65,77)(H2,62,66,78)(H2,63,67,79)(H2,64,68,80). The smallest absolute Gasteiger partial charge is 0.319 e. The van der Waals surface area contributed by atoms with Crippen LogP contribution in [-0.2, 0) is 52.4 Å². The summed E-state index contributed by atoms with van der Waals surface area (Å²) in [6.07, 6.45) is 0. The molecule has 11 aliphatic heterocycles. The van der Waals surface area contributed by atoms with Crippen molar-refractivity contribution >= 4 is 46.9 Å². The Morgan fingerprint density at radius 2 is 0.412 bits per heavy atom. The zero-order valence-corrected chi connectivity index (χ0v) is 47.9. The van der Waals surface area contributed by atoms with Crippen molar-refractivity contribution in [3.63, 3.8) is 0 Å². The number of amides is 8. The number of carbonyl (C=O) groups excluding carboxylic acids is 4. The molecular formula is C60H88N16O4. The van der Waals surface area contributed by atoms with Crippen LogP contribution < -0.4 is 42.5 Å². The lowest BCUT2D eigenvalue weighted by Gasteiger charge is -2.37. The maximum absolute atomic E-state index is 13.3. The number of carbonyl (C=O) groups is 4. The zero-order valence-electron chi connectivity index (χ0n) is 47.9. The highest BCUT2D eigenvalue weighted by Gasteiger charge is 2.28. The highest BCUT2D eigenvalue weighted by Crippen LogP contribution is 2.31. The van der Waals surface area contributed by atoms with Crippen LogP contribution in [-0.4, -0.2) is 194 Å².